The van der Waals surface area contributed by atoms with Crippen molar-refractivity contribution in [1.29, 1.82) is 5.26 Å². The standard InChI is InChI=1S/C72H46N10/c73-47-48-39-41-49(42-40-48)56-44-67(81-63-35-19-21-37-65(63)82(66-38-22-20-36-64(66)81)72-79-69(54-31-15-5-16-32-54)78-70(80-72)55-33-17-6-18-34-55)58(62-46-61(52-27-11-3-12-28-52)74-68(77-62)53-29-13-4-14-30-53)43-57(56)71-75-59(50-23-7-1-8-24-50)45-60(76-71)51-25-9-2-10-26-51/h1-46H. The fraction of sp³-hybridized carbons (Fsp3) is 0. The Morgan fingerprint density at radius 3 is 1.02 bits per heavy atom. The minimum absolute atomic E-state index is 0.460. The van der Waals surface area contributed by atoms with Gasteiger partial charge in [-0.25, -0.2) is 24.9 Å². The molecule has 0 N–H and O–H groups in total. The Hall–Kier alpha value is -11.5. The van der Waals surface area contributed by atoms with Gasteiger partial charge >= 0.3 is 0 Å². The van der Waals surface area contributed by atoms with Crippen molar-refractivity contribution in [1.82, 2.24) is 34.9 Å². The molecule has 10 heteroatoms. The first kappa shape index (κ1) is 48.8. The number of hydrogen-bond acceptors (Lipinski definition) is 10. The van der Waals surface area contributed by atoms with E-state index in [1.54, 1.807) is 0 Å². The lowest BCUT2D eigenvalue weighted by Gasteiger charge is -2.40. The highest BCUT2D eigenvalue weighted by molar-refractivity contribution is 6.05. The fourth-order valence-electron chi connectivity index (χ4n) is 10.6. The van der Waals surface area contributed by atoms with Gasteiger partial charge in [-0.3, -0.25) is 4.90 Å². The van der Waals surface area contributed by atoms with Crippen LogP contribution in [0.1, 0.15) is 5.56 Å². The Bertz CT molecular complexity index is 4280. The predicted molar refractivity (Wildman–Crippen MR) is 328 cm³/mol. The third-order valence-electron chi connectivity index (χ3n) is 14.5. The highest BCUT2D eigenvalue weighted by Crippen LogP contribution is 2.56. The van der Waals surface area contributed by atoms with E-state index in [0.29, 0.717) is 40.5 Å². The number of aromatic nitrogens is 7. The maximum atomic E-state index is 10.1. The Morgan fingerprint density at radius 2 is 0.598 bits per heavy atom. The quantitative estimate of drug-likeness (QED) is 0.124. The summed E-state index contributed by atoms with van der Waals surface area (Å²) in [4.78, 5) is 41.8. The third kappa shape index (κ3) is 9.36. The first-order chi connectivity index (χ1) is 40.6. The average molecular weight is 1050 g/mol. The van der Waals surface area contributed by atoms with Crippen molar-refractivity contribution in [2.24, 2.45) is 0 Å². The van der Waals surface area contributed by atoms with E-state index in [1.165, 1.54) is 0 Å². The highest BCUT2D eigenvalue weighted by atomic mass is 15.3. The van der Waals surface area contributed by atoms with Gasteiger partial charge < -0.3 is 4.90 Å². The maximum absolute atomic E-state index is 10.1. The van der Waals surface area contributed by atoms with E-state index in [0.717, 1.165) is 101 Å². The van der Waals surface area contributed by atoms with Gasteiger partial charge in [-0.1, -0.05) is 218 Å². The lowest BCUT2D eigenvalue weighted by Crippen LogP contribution is -2.26. The number of para-hydroxylation sites is 4. The van der Waals surface area contributed by atoms with Crippen molar-refractivity contribution >= 4 is 34.4 Å². The lowest BCUT2D eigenvalue weighted by molar-refractivity contribution is 1.01. The van der Waals surface area contributed by atoms with Gasteiger partial charge in [0.05, 0.1) is 62.8 Å². The van der Waals surface area contributed by atoms with E-state index < -0.39 is 0 Å². The molecule has 1 aliphatic rings. The van der Waals surface area contributed by atoms with Crippen LogP contribution in [0.2, 0.25) is 0 Å². The summed E-state index contributed by atoms with van der Waals surface area (Å²) in [5, 5.41) is 10.1. The Kier molecular flexibility index (Phi) is 12.7. The Labute approximate surface area is 474 Å². The van der Waals surface area contributed by atoms with Crippen LogP contribution in [-0.2, 0) is 0 Å². The number of nitriles is 1. The molecule has 0 saturated carbocycles. The minimum Gasteiger partial charge on any atom is -0.306 e. The van der Waals surface area contributed by atoms with Gasteiger partial charge in [-0.2, -0.15) is 15.2 Å². The first-order valence-corrected chi connectivity index (χ1v) is 26.9. The SMILES string of the molecule is N#Cc1ccc(-c2cc(N3c4ccccc4N(c4nc(-c5ccccc5)nc(-c5ccccc5)n4)c4ccccc43)c(-c3cc(-c4ccccc4)nc(-c4ccccc4)n3)cc2-c2nc(-c3ccccc3)cc(-c3ccccc3)n2)cc1. The van der Waals surface area contributed by atoms with Crippen LogP contribution in [0.4, 0.5) is 34.4 Å². The van der Waals surface area contributed by atoms with Crippen molar-refractivity contribution in [2.75, 3.05) is 9.80 Å². The van der Waals surface area contributed by atoms with Crippen LogP contribution in [-0.4, -0.2) is 34.9 Å². The highest BCUT2D eigenvalue weighted by Gasteiger charge is 2.35. The zero-order valence-electron chi connectivity index (χ0n) is 44.0. The van der Waals surface area contributed by atoms with Crippen molar-refractivity contribution < 1.29 is 0 Å². The third-order valence-corrected chi connectivity index (χ3v) is 14.5. The molecule has 0 saturated heterocycles. The van der Waals surface area contributed by atoms with Crippen LogP contribution >= 0.6 is 0 Å². The second-order valence-corrected chi connectivity index (χ2v) is 19.7. The molecule has 0 fully saturated rings. The predicted octanol–water partition coefficient (Wildman–Crippen LogP) is 17.6. The zero-order chi connectivity index (χ0) is 54.8. The maximum Gasteiger partial charge on any atom is 0.238 e. The van der Waals surface area contributed by atoms with E-state index in [1.807, 2.05) is 182 Å². The van der Waals surface area contributed by atoms with Crippen LogP contribution in [0.3, 0.4) is 0 Å². The second kappa shape index (κ2) is 21.4. The molecule has 82 heavy (non-hydrogen) atoms. The van der Waals surface area contributed by atoms with Crippen molar-refractivity contribution in [3.8, 4) is 108 Å². The van der Waals surface area contributed by atoms with Crippen LogP contribution < -0.4 is 9.80 Å². The molecule has 0 atom stereocenters. The van der Waals surface area contributed by atoms with Gasteiger partial charge in [0.1, 0.15) is 0 Å². The molecule has 3 aromatic heterocycles. The minimum atomic E-state index is 0.460. The van der Waals surface area contributed by atoms with Gasteiger partial charge in [0.25, 0.3) is 0 Å². The van der Waals surface area contributed by atoms with Gasteiger partial charge in [-0.05, 0) is 71.8 Å². The summed E-state index contributed by atoms with van der Waals surface area (Å²) in [6.45, 7) is 0. The number of fused-ring (bicyclic) bond motifs is 2. The molecule has 4 heterocycles. The van der Waals surface area contributed by atoms with E-state index in [9.17, 15) is 5.26 Å². The number of nitrogens with zero attached hydrogens (tertiary/aromatic N) is 10. The number of anilines is 6. The van der Waals surface area contributed by atoms with E-state index >= 15 is 0 Å². The van der Waals surface area contributed by atoms with Crippen molar-refractivity contribution in [2.45, 2.75) is 0 Å². The Morgan fingerprint density at radius 1 is 0.244 bits per heavy atom. The molecule has 0 spiro atoms. The zero-order valence-corrected chi connectivity index (χ0v) is 44.0. The molecule has 10 aromatic carbocycles. The molecule has 0 unspecified atom stereocenters. The molecule has 0 radical (unpaired) electrons. The van der Waals surface area contributed by atoms with Crippen molar-refractivity contribution in [3.63, 3.8) is 0 Å². The second-order valence-electron chi connectivity index (χ2n) is 19.7. The molecule has 10 nitrogen and oxygen atoms in total. The molecule has 14 rings (SSSR count). The topological polar surface area (TPSA) is 120 Å². The van der Waals surface area contributed by atoms with Gasteiger partial charge in [0.15, 0.2) is 23.3 Å². The normalized spacial score (nSPS) is 11.6. The molecular formula is C72H46N10. The van der Waals surface area contributed by atoms with Crippen LogP contribution in [0.25, 0.3) is 102 Å². The average Bonchev–Trinajstić information content (AvgIpc) is 2.46. The lowest BCUT2D eigenvalue weighted by atomic mass is 9.91. The van der Waals surface area contributed by atoms with Crippen LogP contribution in [0, 0.1) is 11.3 Å². The Balaban J connectivity index is 1.07. The summed E-state index contributed by atoms with van der Waals surface area (Å²) in [6.07, 6.45) is 0. The first-order valence-electron chi connectivity index (χ1n) is 26.9. The summed E-state index contributed by atoms with van der Waals surface area (Å²) in [5.41, 5.74) is 16.4. The van der Waals surface area contributed by atoms with Gasteiger partial charge in [0.2, 0.25) is 5.95 Å². The van der Waals surface area contributed by atoms with Crippen molar-refractivity contribution in [3.05, 3.63) is 285 Å². The molecule has 0 bridgehead atoms. The molecule has 0 aliphatic carbocycles. The molecule has 1 aliphatic heterocycles. The molecule has 13 aromatic rings. The monoisotopic (exact) mass is 1050 g/mol. The summed E-state index contributed by atoms with van der Waals surface area (Å²) >= 11 is 0. The largest absolute Gasteiger partial charge is 0.306 e. The molecule has 0 amide bonds. The number of rotatable bonds is 11. The summed E-state index contributed by atoms with van der Waals surface area (Å²) in [5.74, 6) is 2.64. The van der Waals surface area contributed by atoms with Crippen LogP contribution in [0.15, 0.2) is 279 Å². The van der Waals surface area contributed by atoms with Crippen LogP contribution in [0.5, 0.6) is 0 Å². The van der Waals surface area contributed by atoms with E-state index in [4.69, 9.17) is 34.9 Å². The molecular weight excluding hydrogens is 1000 g/mol. The summed E-state index contributed by atoms with van der Waals surface area (Å²) < 4.78 is 0. The summed E-state index contributed by atoms with van der Waals surface area (Å²) in [7, 11) is 0. The molecule has 384 valence electrons. The smallest absolute Gasteiger partial charge is 0.238 e. The fourth-order valence-corrected chi connectivity index (χ4v) is 10.6. The number of hydrogen-bond donors (Lipinski definition) is 0. The van der Waals surface area contributed by atoms with E-state index in [-0.39, 0.29) is 0 Å². The van der Waals surface area contributed by atoms with Gasteiger partial charge in [0, 0.05) is 44.5 Å². The van der Waals surface area contributed by atoms with Gasteiger partial charge in [-0.15, -0.1) is 0 Å². The van der Waals surface area contributed by atoms with E-state index in [2.05, 4.69) is 113 Å². The number of benzene rings is 10. The summed E-state index contributed by atoms with van der Waals surface area (Å²) in [6, 6.07) is 96.1.